The van der Waals surface area contributed by atoms with Crippen LogP contribution < -0.4 is 4.90 Å². The van der Waals surface area contributed by atoms with Gasteiger partial charge in [-0.25, -0.2) is 0 Å². The van der Waals surface area contributed by atoms with Gasteiger partial charge in [0.25, 0.3) is 0 Å². The van der Waals surface area contributed by atoms with Gasteiger partial charge in [0.1, 0.15) is 6.29 Å². The number of hydrogen-bond acceptors (Lipinski definition) is 4. The normalized spacial score (nSPS) is 18.7. The van der Waals surface area contributed by atoms with E-state index >= 15 is 0 Å². The van der Waals surface area contributed by atoms with E-state index in [1.54, 1.807) is 0 Å². The van der Waals surface area contributed by atoms with Crippen LogP contribution in [0.25, 0.3) is 0 Å². The van der Waals surface area contributed by atoms with Crippen molar-refractivity contribution in [2.24, 2.45) is 11.8 Å². The van der Waals surface area contributed by atoms with Crippen LogP contribution in [0.5, 0.6) is 0 Å². The summed E-state index contributed by atoms with van der Waals surface area (Å²) in [6.45, 7) is 8.11. The molecule has 1 aromatic rings. The third kappa shape index (κ3) is 4.49. The van der Waals surface area contributed by atoms with Crippen molar-refractivity contribution in [3.8, 4) is 0 Å². The van der Waals surface area contributed by atoms with Crippen LogP contribution in [0.3, 0.4) is 0 Å². The Morgan fingerprint density at radius 3 is 2.00 bits per heavy atom. The Bertz CT molecular complexity index is 670. The summed E-state index contributed by atoms with van der Waals surface area (Å²) in [5.41, 5.74) is 1.78. The molecule has 2 fully saturated rings. The summed E-state index contributed by atoms with van der Waals surface area (Å²) < 4.78 is 0. The summed E-state index contributed by atoms with van der Waals surface area (Å²) in [6.07, 6.45) is 2.54. The number of nitrogens with zero attached hydrogens (tertiary/aromatic N) is 3. The van der Waals surface area contributed by atoms with Crippen molar-refractivity contribution in [2.45, 2.75) is 26.7 Å². The highest BCUT2D eigenvalue weighted by atomic mass is 16.2. The maximum atomic E-state index is 12.9. The van der Waals surface area contributed by atoms with Gasteiger partial charge in [-0.1, -0.05) is 13.8 Å². The van der Waals surface area contributed by atoms with Crippen LogP contribution in [-0.2, 0) is 9.59 Å². The number of carbonyl (C=O) groups is 3. The molecular weight excluding hydrogens is 342 g/mol. The molecule has 0 unspecified atom stereocenters. The van der Waals surface area contributed by atoms with E-state index in [4.69, 9.17) is 0 Å². The minimum atomic E-state index is 0.0113. The molecule has 0 saturated carbocycles. The quantitative estimate of drug-likeness (QED) is 0.760. The van der Waals surface area contributed by atoms with Crippen LogP contribution in [0.4, 0.5) is 5.69 Å². The summed E-state index contributed by atoms with van der Waals surface area (Å²) in [7, 11) is 0. The second kappa shape index (κ2) is 8.55. The molecule has 27 heavy (non-hydrogen) atoms. The molecule has 2 amide bonds. The number of benzene rings is 1. The zero-order chi connectivity index (χ0) is 19.4. The summed E-state index contributed by atoms with van der Waals surface area (Å²) in [4.78, 5) is 41.8. The van der Waals surface area contributed by atoms with Crippen molar-refractivity contribution < 1.29 is 14.4 Å². The van der Waals surface area contributed by atoms with Gasteiger partial charge in [-0.15, -0.1) is 0 Å². The summed E-state index contributed by atoms with van der Waals surface area (Å²) in [5, 5.41) is 0. The fraction of sp³-hybridized carbons (Fsp3) is 0.571. The van der Waals surface area contributed by atoms with E-state index in [-0.39, 0.29) is 23.7 Å². The second-order valence-corrected chi connectivity index (χ2v) is 7.78. The van der Waals surface area contributed by atoms with Crippen LogP contribution in [0.1, 0.15) is 37.0 Å². The number of aldehydes is 1. The van der Waals surface area contributed by atoms with E-state index in [1.165, 1.54) is 0 Å². The molecule has 2 heterocycles. The largest absolute Gasteiger partial charge is 0.371 e. The lowest BCUT2D eigenvalue weighted by atomic mass is 9.94. The van der Waals surface area contributed by atoms with Gasteiger partial charge < -0.3 is 14.7 Å². The Morgan fingerprint density at radius 1 is 0.926 bits per heavy atom. The third-order valence-corrected chi connectivity index (χ3v) is 5.64. The Kier molecular flexibility index (Phi) is 6.14. The van der Waals surface area contributed by atoms with E-state index in [1.807, 2.05) is 47.9 Å². The molecule has 6 heteroatoms. The molecule has 0 bridgehead atoms. The average molecular weight is 371 g/mol. The SMILES string of the molecule is CC(C)C(=O)N1CCN(C(=O)C2CCN(c3ccc(C=O)cc3)CC2)CC1. The lowest BCUT2D eigenvalue weighted by Crippen LogP contribution is -2.53. The Hall–Kier alpha value is -2.37. The number of hydrogen-bond donors (Lipinski definition) is 0. The number of rotatable bonds is 4. The van der Waals surface area contributed by atoms with Crippen LogP contribution in [0.15, 0.2) is 24.3 Å². The van der Waals surface area contributed by atoms with Gasteiger partial charge in [-0.3, -0.25) is 14.4 Å². The third-order valence-electron chi connectivity index (χ3n) is 5.64. The van der Waals surface area contributed by atoms with Gasteiger partial charge in [-0.2, -0.15) is 0 Å². The highest BCUT2D eigenvalue weighted by Gasteiger charge is 2.31. The number of piperazine rings is 1. The highest BCUT2D eigenvalue weighted by molar-refractivity contribution is 5.81. The summed E-state index contributed by atoms with van der Waals surface area (Å²) in [5.74, 6) is 0.499. The molecule has 2 aliphatic rings. The second-order valence-electron chi connectivity index (χ2n) is 7.78. The molecule has 2 saturated heterocycles. The fourth-order valence-corrected chi connectivity index (χ4v) is 3.92. The van der Waals surface area contributed by atoms with Gasteiger partial charge in [0.05, 0.1) is 0 Å². The number of piperidine rings is 1. The van der Waals surface area contributed by atoms with Crippen LogP contribution in [0, 0.1) is 11.8 Å². The molecule has 6 nitrogen and oxygen atoms in total. The maximum absolute atomic E-state index is 12.9. The van der Waals surface area contributed by atoms with Crippen LogP contribution >= 0.6 is 0 Å². The highest BCUT2D eigenvalue weighted by Crippen LogP contribution is 2.25. The Morgan fingerprint density at radius 2 is 1.48 bits per heavy atom. The lowest BCUT2D eigenvalue weighted by Gasteiger charge is -2.39. The van der Waals surface area contributed by atoms with Crippen molar-refractivity contribution in [3.05, 3.63) is 29.8 Å². The minimum absolute atomic E-state index is 0.0113. The molecule has 2 aliphatic heterocycles. The molecule has 3 rings (SSSR count). The average Bonchev–Trinajstić information content (AvgIpc) is 2.73. The van der Waals surface area contributed by atoms with Gasteiger partial charge in [0.2, 0.25) is 11.8 Å². The van der Waals surface area contributed by atoms with Crippen LogP contribution in [0.2, 0.25) is 0 Å². The van der Waals surface area contributed by atoms with E-state index < -0.39 is 0 Å². The Balaban J connectivity index is 1.48. The molecule has 0 spiro atoms. The molecule has 0 aromatic heterocycles. The van der Waals surface area contributed by atoms with Crippen molar-refractivity contribution in [1.29, 1.82) is 0 Å². The number of carbonyl (C=O) groups excluding carboxylic acids is 3. The molecule has 0 aliphatic carbocycles. The monoisotopic (exact) mass is 371 g/mol. The lowest BCUT2D eigenvalue weighted by molar-refractivity contribution is -0.143. The number of amides is 2. The predicted molar refractivity (Wildman–Crippen MR) is 105 cm³/mol. The van der Waals surface area contributed by atoms with E-state index in [9.17, 15) is 14.4 Å². The number of anilines is 1. The van der Waals surface area contributed by atoms with Gasteiger partial charge in [0.15, 0.2) is 0 Å². The smallest absolute Gasteiger partial charge is 0.225 e. The van der Waals surface area contributed by atoms with Crippen molar-refractivity contribution >= 4 is 23.8 Å². The first-order valence-electron chi connectivity index (χ1n) is 9.87. The van der Waals surface area contributed by atoms with E-state index in [0.717, 1.165) is 37.9 Å². The predicted octanol–water partition coefficient (Wildman–Crippen LogP) is 2.04. The molecule has 0 atom stereocenters. The molecule has 146 valence electrons. The molecular formula is C21H29N3O3. The standard InChI is InChI=1S/C21H29N3O3/c1-16(2)20(26)23-11-13-24(14-12-23)21(27)18-7-9-22(10-8-18)19-5-3-17(15-25)4-6-19/h3-6,15-16,18H,7-14H2,1-2H3. The topological polar surface area (TPSA) is 60.9 Å². The Labute approximate surface area is 161 Å². The van der Waals surface area contributed by atoms with Gasteiger partial charge in [0, 0.05) is 62.4 Å². The van der Waals surface area contributed by atoms with E-state index in [0.29, 0.717) is 31.7 Å². The fourth-order valence-electron chi connectivity index (χ4n) is 3.92. The summed E-state index contributed by atoms with van der Waals surface area (Å²) in [6, 6.07) is 7.60. The molecule has 0 N–H and O–H groups in total. The molecule has 0 radical (unpaired) electrons. The molecule has 1 aromatic carbocycles. The van der Waals surface area contributed by atoms with Gasteiger partial charge in [-0.05, 0) is 37.1 Å². The van der Waals surface area contributed by atoms with Crippen molar-refractivity contribution in [3.63, 3.8) is 0 Å². The van der Waals surface area contributed by atoms with Crippen molar-refractivity contribution in [1.82, 2.24) is 9.80 Å². The first-order valence-corrected chi connectivity index (χ1v) is 9.87. The van der Waals surface area contributed by atoms with Crippen LogP contribution in [-0.4, -0.2) is 67.2 Å². The first-order chi connectivity index (χ1) is 13.0. The van der Waals surface area contributed by atoms with Crippen molar-refractivity contribution in [2.75, 3.05) is 44.2 Å². The zero-order valence-corrected chi connectivity index (χ0v) is 16.3. The van der Waals surface area contributed by atoms with E-state index in [2.05, 4.69) is 4.90 Å². The maximum Gasteiger partial charge on any atom is 0.225 e. The summed E-state index contributed by atoms with van der Waals surface area (Å²) >= 11 is 0. The first kappa shape index (κ1) is 19.4. The minimum Gasteiger partial charge on any atom is -0.371 e. The zero-order valence-electron chi connectivity index (χ0n) is 16.3. The van der Waals surface area contributed by atoms with Gasteiger partial charge >= 0.3 is 0 Å².